The summed E-state index contributed by atoms with van der Waals surface area (Å²) in [5, 5.41) is 10.4. The summed E-state index contributed by atoms with van der Waals surface area (Å²) < 4.78 is 0. The number of rotatable bonds is 2. The molecule has 0 saturated carbocycles. The topological polar surface area (TPSA) is 26.7 Å². The van der Waals surface area contributed by atoms with E-state index in [1.54, 1.807) is 19.5 Å². The molecular weight excluding hydrogens is 248 g/mol. The molecular formula is C17H15N2O-. The predicted octanol–water partition coefficient (Wildman–Crippen LogP) is 1.26. The molecule has 0 atom stereocenters. The van der Waals surface area contributed by atoms with Crippen LogP contribution in [-0.4, -0.2) is 35.3 Å². The minimum Gasteiger partial charge on any atom is -0.328 e. The van der Waals surface area contributed by atoms with Gasteiger partial charge in [-0.05, 0) is 17.9 Å². The monoisotopic (exact) mass is 263 g/mol. The average Bonchev–Trinajstić information content (AvgIpc) is 2.46. The summed E-state index contributed by atoms with van der Waals surface area (Å²) in [6.07, 6.45) is 5.92. The molecule has 1 aliphatic heterocycles. The fraction of sp³-hybridized carbons (Fsp3) is 0.235. The molecule has 0 spiro atoms. The third-order valence-corrected chi connectivity index (χ3v) is 2.40. The molecule has 0 amide bonds. The Morgan fingerprint density at radius 2 is 2.00 bits per heavy atom. The molecule has 0 saturated heterocycles. The maximum atomic E-state index is 9.27. The van der Waals surface area contributed by atoms with Crippen LogP contribution in [0.1, 0.15) is 6.42 Å². The van der Waals surface area contributed by atoms with Gasteiger partial charge in [-0.3, -0.25) is 10.3 Å². The molecule has 0 radical (unpaired) electrons. The molecule has 1 aliphatic rings. The number of allylic oxidation sites excluding steroid dienone is 1. The fourth-order valence-electron chi connectivity index (χ4n) is 1.42. The molecule has 0 bridgehead atoms. The lowest BCUT2D eigenvalue weighted by atomic mass is 10.2. The molecule has 1 N–H and O–H groups in total. The van der Waals surface area contributed by atoms with Crippen molar-refractivity contribution in [3.63, 3.8) is 0 Å². The van der Waals surface area contributed by atoms with E-state index in [0.717, 1.165) is 23.7 Å². The van der Waals surface area contributed by atoms with Crippen molar-refractivity contribution in [2.24, 2.45) is 0 Å². The van der Waals surface area contributed by atoms with Gasteiger partial charge in [-0.1, -0.05) is 5.92 Å². The first-order valence-electron chi connectivity index (χ1n) is 6.06. The van der Waals surface area contributed by atoms with Crippen molar-refractivity contribution in [1.29, 1.82) is 0 Å². The Bertz CT molecular complexity index is 613. The fourth-order valence-corrected chi connectivity index (χ4v) is 1.42. The number of hydrogen-bond acceptors (Lipinski definition) is 3. The van der Waals surface area contributed by atoms with E-state index in [4.69, 9.17) is 0 Å². The zero-order valence-electron chi connectivity index (χ0n) is 11.4. The van der Waals surface area contributed by atoms with Crippen molar-refractivity contribution < 1.29 is 5.21 Å². The van der Waals surface area contributed by atoms with Gasteiger partial charge in [-0.25, -0.2) is 5.92 Å². The minimum absolute atomic E-state index is 0.684. The van der Waals surface area contributed by atoms with Gasteiger partial charge in [0.25, 0.3) is 0 Å². The maximum absolute atomic E-state index is 9.27. The number of nitrogens with zero attached hydrogens (tertiary/aromatic N) is 2. The summed E-state index contributed by atoms with van der Waals surface area (Å²) in [6, 6.07) is 2.93. The molecule has 3 heteroatoms. The molecule has 0 aromatic heterocycles. The second-order valence-corrected chi connectivity index (χ2v) is 3.82. The molecule has 3 nitrogen and oxygen atoms in total. The van der Waals surface area contributed by atoms with Crippen molar-refractivity contribution in [1.82, 2.24) is 9.96 Å². The largest absolute Gasteiger partial charge is 0.328 e. The second kappa shape index (κ2) is 9.13. The Morgan fingerprint density at radius 1 is 1.30 bits per heavy atom. The Labute approximate surface area is 120 Å². The van der Waals surface area contributed by atoms with E-state index in [9.17, 15) is 5.21 Å². The van der Waals surface area contributed by atoms with Crippen LogP contribution in [0.25, 0.3) is 0 Å². The molecule has 20 heavy (non-hydrogen) atoms. The molecule has 0 fully saturated rings. The van der Waals surface area contributed by atoms with Gasteiger partial charge >= 0.3 is 0 Å². The average molecular weight is 263 g/mol. The lowest BCUT2D eigenvalue weighted by Gasteiger charge is -2.25. The van der Waals surface area contributed by atoms with Gasteiger partial charge in [0, 0.05) is 50.1 Å². The van der Waals surface area contributed by atoms with Gasteiger partial charge in [0.05, 0.1) is 0 Å². The molecule has 0 aromatic rings. The summed E-state index contributed by atoms with van der Waals surface area (Å²) in [4.78, 5) is 1.94. The van der Waals surface area contributed by atoms with Crippen molar-refractivity contribution >= 4 is 0 Å². The molecule has 0 unspecified atom stereocenters. The summed E-state index contributed by atoms with van der Waals surface area (Å²) >= 11 is 0. The lowest BCUT2D eigenvalue weighted by molar-refractivity contribution is -0.0340. The zero-order valence-corrected chi connectivity index (χ0v) is 11.4. The first-order chi connectivity index (χ1) is 9.74. The van der Waals surface area contributed by atoms with Crippen LogP contribution in [0, 0.1) is 53.9 Å². The highest BCUT2D eigenvalue weighted by atomic mass is 16.5. The lowest BCUT2D eigenvalue weighted by Crippen LogP contribution is -2.28. The van der Waals surface area contributed by atoms with Gasteiger partial charge in [-0.15, -0.1) is 6.42 Å². The Hall–Kier alpha value is -2.85. The van der Waals surface area contributed by atoms with Gasteiger partial charge in [0.2, 0.25) is 0 Å². The van der Waals surface area contributed by atoms with Crippen LogP contribution >= 0.6 is 0 Å². The van der Waals surface area contributed by atoms with Gasteiger partial charge in [-0.2, -0.15) is 18.6 Å². The van der Waals surface area contributed by atoms with E-state index in [1.807, 2.05) is 11.0 Å². The van der Waals surface area contributed by atoms with Crippen LogP contribution in [-0.2, 0) is 0 Å². The van der Waals surface area contributed by atoms with Gasteiger partial charge in [0.15, 0.2) is 0 Å². The van der Waals surface area contributed by atoms with Gasteiger partial charge < -0.3 is 4.90 Å². The van der Waals surface area contributed by atoms with Crippen LogP contribution < -0.4 is 0 Å². The third-order valence-electron chi connectivity index (χ3n) is 2.40. The van der Waals surface area contributed by atoms with E-state index in [-0.39, 0.29) is 0 Å². The Kier molecular flexibility index (Phi) is 6.94. The highest BCUT2D eigenvalue weighted by Gasteiger charge is 2.10. The van der Waals surface area contributed by atoms with Crippen molar-refractivity contribution in [3.05, 3.63) is 30.8 Å². The van der Waals surface area contributed by atoms with E-state index in [0.29, 0.717) is 6.54 Å². The molecule has 0 aromatic carbocycles. The smallest absolute Gasteiger partial charge is 0.0462 e. The zero-order chi connectivity index (χ0) is 14.6. The normalized spacial score (nSPS) is 11.7. The van der Waals surface area contributed by atoms with Crippen LogP contribution in [0.2, 0.25) is 0 Å². The number of hydroxylamine groups is 2. The van der Waals surface area contributed by atoms with E-state index in [2.05, 4.69) is 54.1 Å². The summed E-state index contributed by atoms with van der Waals surface area (Å²) in [5.74, 6) is 18.5. The first-order valence-corrected chi connectivity index (χ1v) is 6.06. The SMILES string of the molecule is C=C[CH-]C#CC#CC#CC#CN1CC=C(N(C)O)CC1. The maximum Gasteiger partial charge on any atom is 0.0462 e. The van der Waals surface area contributed by atoms with Gasteiger partial charge in [0.1, 0.15) is 0 Å². The summed E-state index contributed by atoms with van der Waals surface area (Å²) in [5.41, 5.74) is 0.912. The Morgan fingerprint density at radius 3 is 2.60 bits per heavy atom. The first kappa shape index (κ1) is 15.2. The quantitative estimate of drug-likeness (QED) is 0.461. The van der Waals surface area contributed by atoms with Crippen LogP contribution in [0.4, 0.5) is 0 Å². The predicted molar refractivity (Wildman–Crippen MR) is 79.4 cm³/mol. The van der Waals surface area contributed by atoms with E-state index < -0.39 is 0 Å². The molecule has 100 valence electrons. The highest BCUT2D eigenvalue weighted by molar-refractivity contribution is 5.41. The van der Waals surface area contributed by atoms with E-state index >= 15 is 0 Å². The molecule has 1 heterocycles. The standard InChI is InChI=1S/C17H15N2O/c1-3-4-5-6-7-8-9-10-11-14-19-15-12-17(13-16-19)18(2)20/h3-4,12,20H,1,13,15-16H2,2H3/q-1. The number of hydrogen-bond donors (Lipinski definition) is 1. The molecule has 0 aliphatic carbocycles. The van der Waals surface area contributed by atoms with Crippen molar-refractivity contribution in [2.75, 3.05) is 20.1 Å². The van der Waals surface area contributed by atoms with Crippen molar-refractivity contribution in [3.8, 4) is 47.5 Å². The van der Waals surface area contributed by atoms with Crippen LogP contribution in [0.15, 0.2) is 24.4 Å². The highest BCUT2D eigenvalue weighted by Crippen LogP contribution is 2.10. The summed E-state index contributed by atoms with van der Waals surface area (Å²) in [7, 11) is 1.62. The summed E-state index contributed by atoms with van der Waals surface area (Å²) in [6.45, 7) is 4.96. The minimum atomic E-state index is 0.684. The van der Waals surface area contributed by atoms with Crippen molar-refractivity contribution in [2.45, 2.75) is 6.42 Å². The second-order valence-electron chi connectivity index (χ2n) is 3.82. The Balaban J connectivity index is 2.42. The molecule has 1 rings (SSSR count). The van der Waals surface area contributed by atoms with Crippen LogP contribution in [0.5, 0.6) is 0 Å². The third kappa shape index (κ3) is 6.18. The van der Waals surface area contributed by atoms with E-state index in [1.165, 1.54) is 0 Å². The van der Waals surface area contributed by atoms with Crippen LogP contribution in [0.3, 0.4) is 0 Å².